The molecular formula is C13H17N3O2. The second kappa shape index (κ2) is 5.27. The Morgan fingerprint density at radius 1 is 1.44 bits per heavy atom. The smallest absolute Gasteiger partial charge is 0.246 e. The second-order valence-corrected chi connectivity index (χ2v) is 4.42. The summed E-state index contributed by atoms with van der Waals surface area (Å²) in [5, 5.41) is 3.11. The summed E-state index contributed by atoms with van der Waals surface area (Å²) in [6.45, 7) is 4.73. The van der Waals surface area contributed by atoms with Gasteiger partial charge in [0, 0.05) is 25.0 Å². The van der Waals surface area contributed by atoms with Crippen LogP contribution in [0, 0.1) is 6.92 Å². The van der Waals surface area contributed by atoms with Crippen LogP contribution < -0.4 is 5.32 Å². The first-order chi connectivity index (χ1) is 8.61. The highest BCUT2D eigenvalue weighted by atomic mass is 16.2. The van der Waals surface area contributed by atoms with E-state index in [2.05, 4.69) is 10.3 Å². The van der Waals surface area contributed by atoms with Gasteiger partial charge >= 0.3 is 0 Å². The third-order valence-electron chi connectivity index (χ3n) is 3.09. The van der Waals surface area contributed by atoms with Gasteiger partial charge in [-0.3, -0.25) is 19.5 Å². The minimum atomic E-state index is -0.390. The molecule has 1 aliphatic heterocycles. The summed E-state index contributed by atoms with van der Waals surface area (Å²) in [6.07, 6.45) is 2.03. The maximum atomic E-state index is 11.8. The van der Waals surface area contributed by atoms with E-state index < -0.39 is 6.04 Å². The fraction of sp³-hybridized carbons (Fsp3) is 0.462. The van der Waals surface area contributed by atoms with Gasteiger partial charge in [0.1, 0.15) is 0 Å². The first kappa shape index (κ1) is 12.7. The van der Waals surface area contributed by atoms with Gasteiger partial charge in [-0.05, 0) is 25.5 Å². The molecule has 0 spiro atoms. The molecule has 1 aromatic heterocycles. The average molecular weight is 247 g/mol. The van der Waals surface area contributed by atoms with E-state index in [1.807, 2.05) is 26.0 Å². The molecule has 0 aromatic carbocycles. The van der Waals surface area contributed by atoms with Crippen molar-refractivity contribution in [2.45, 2.75) is 32.9 Å². The molecular weight excluding hydrogens is 230 g/mol. The van der Waals surface area contributed by atoms with Gasteiger partial charge < -0.3 is 5.32 Å². The number of hydrogen-bond acceptors (Lipinski definition) is 4. The number of amides is 2. The van der Waals surface area contributed by atoms with Crippen LogP contribution in [0.15, 0.2) is 18.3 Å². The van der Waals surface area contributed by atoms with Crippen molar-refractivity contribution in [3.63, 3.8) is 0 Å². The third kappa shape index (κ3) is 2.56. The molecule has 0 saturated carbocycles. The number of nitrogens with one attached hydrogen (secondary N) is 1. The van der Waals surface area contributed by atoms with Crippen molar-refractivity contribution in [3.05, 3.63) is 29.6 Å². The lowest BCUT2D eigenvalue weighted by atomic mass is 10.2. The van der Waals surface area contributed by atoms with Crippen molar-refractivity contribution in [3.8, 4) is 0 Å². The highest BCUT2D eigenvalue weighted by Crippen LogP contribution is 2.13. The Bertz CT molecular complexity index is 456. The Labute approximate surface area is 106 Å². The molecule has 96 valence electrons. The molecule has 1 unspecified atom stereocenters. The minimum Gasteiger partial charge on any atom is -0.301 e. The predicted octanol–water partition coefficient (Wildman–Crippen LogP) is 0.627. The van der Waals surface area contributed by atoms with Crippen LogP contribution in [0.5, 0.6) is 0 Å². The van der Waals surface area contributed by atoms with Gasteiger partial charge in [0.15, 0.2) is 0 Å². The molecule has 5 nitrogen and oxygen atoms in total. The van der Waals surface area contributed by atoms with E-state index in [9.17, 15) is 9.59 Å². The number of pyridine rings is 1. The zero-order valence-electron chi connectivity index (χ0n) is 10.6. The van der Waals surface area contributed by atoms with Crippen molar-refractivity contribution in [2.75, 3.05) is 6.54 Å². The molecule has 0 aliphatic carbocycles. The van der Waals surface area contributed by atoms with E-state index >= 15 is 0 Å². The Morgan fingerprint density at radius 2 is 2.22 bits per heavy atom. The van der Waals surface area contributed by atoms with Crippen LogP contribution in [0.4, 0.5) is 0 Å². The van der Waals surface area contributed by atoms with E-state index in [4.69, 9.17) is 0 Å². The number of imide groups is 1. The average Bonchev–Trinajstić information content (AvgIpc) is 2.63. The van der Waals surface area contributed by atoms with Gasteiger partial charge in [0.05, 0.1) is 12.5 Å². The monoisotopic (exact) mass is 247 g/mol. The summed E-state index contributed by atoms with van der Waals surface area (Å²) in [7, 11) is 0. The Balaban J connectivity index is 1.93. The molecule has 1 atom stereocenters. The molecule has 1 aromatic rings. The number of hydrogen-bond donors (Lipinski definition) is 1. The van der Waals surface area contributed by atoms with Gasteiger partial charge in [-0.1, -0.05) is 6.07 Å². The lowest BCUT2D eigenvalue weighted by molar-refractivity contribution is -0.138. The molecule has 1 fully saturated rings. The molecule has 2 rings (SSSR count). The summed E-state index contributed by atoms with van der Waals surface area (Å²) in [6, 6.07) is 3.50. The SMILES string of the molecule is CCN1C(=O)CC(NCc2ccc(C)nc2)C1=O. The second-order valence-electron chi connectivity index (χ2n) is 4.42. The van der Waals surface area contributed by atoms with Gasteiger partial charge in [0.25, 0.3) is 0 Å². The Morgan fingerprint density at radius 3 is 2.78 bits per heavy atom. The number of aromatic nitrogens is 1. The maximum Gasteiger partial charge on any atom is 0.246 e. The quantitative estimate of drug-likeness (QED) is 0.793. The van der Waals surface area contributed by atoms with Crippen molar-refractivity contribution >= 4 is 11.8 Å². The van der Waals surface area contributed by atoms with Gasteiger partial charge in [-0.15, -0.1) is 0 Å². The van der Waals surface area contributed by atoms with E-state index in [1.54, 1.807) is 6.20 Å². The van der Waals surface area contributed by atoms with Gasteiger partial charge in [0.2, 0.25) is 11.8 Å². The molecule has 2 heterocycles. The fourth-order valence-electron chi connectivity index (χ4n) is 2.02. The number of rotatable bonds is 4. The largest absolute Gasteiger partial charge is 0.301 e. The number of likely N-dealkylation sites (tertiary alicyclic amines) is 1. The number of carbonyl (C=O) groups is 2. The maximum absolute atomic E-state index is 11.8. The van der Waals surface area contributed by atoms with Crippen LogP contribution in [-0.2, 0) is 16.1 Å². The summed E-state index contributed by atoms with van der Waals surface area (Å²) >= 11 is 0. The number of nitrogens with zero attached hydrogens (tertiary/aromatic N) is 2. The molecule has 0 radical (unpaired) electrons. The van der Waals surface area contributed by atoms with E-state index in [0.29, 0.717) is 13.1 Å². The summed E-state index contributed by atoms with van der Waals surface area (Å²) in [4.78, 5) is 28.9. The van der Waals surface area contributed by atoms with Gasteiger partial charge in [-0.25, -0.2) is 0 Å². The molecule has 1 N–H and O–H groups in total. The van der Waals surface area contributed by atoms with Gasteiger partial charge in [-0.2, -0.15) is 0 Å². The van der Waals surface area contributed by atoms with Crippen LogP contribution >= 0.6 is 0 Å². The number of aryl methyl sites for hydroxylation is 1. The molecule has 18 heavy (non-hydrogen) atoms. The molecule has 1 saturated heterocycles. The third-order valence-corrected chi connectivity index (χ3v) is 3.09. The van der Waals surface area contributed by atoms with E-state index in [-0.39, 0.29) is 18.2 Å². The van der Waals surface area contributed by atoms with Crippen molar-refractivity contribution < 1.29 is 9.59 Å². The minimum absolute atomic E-state index is 0.0953. The van der Waals surface area contributed by atoms with Crippen LogP contribution in [-0.4, -0.2) is 34.3 Å². The molecule has 5 heteroatoms. The topological polar surface area (TPSA) is 62.3 Å². The van der Waals surface area contributed by atoms with Crippen molar-refractivity contribution in [2.24, 2.45) is 0 Å². The molecule has 0 bridgehead atoms. The van der Waals surface area contributed by atoms with E-state index in [0.717, 1.165) is 11.3 Å². The van der Waals surface area contributed by atoms with E-state index in [1.165, 1.54) is 4.90 Å². The lowest BCUT2D eigenvalue weighted by Gasteiger charge is -2.13. The summed E-state index contributed by atoms with van der Waals surface area (Å²) in [5.41, 5.74) is 1.97. The first-order valence-corrected chi connectivity index (χ1v) is 6.11. The Kier molecular flexibility index (Phi) is 3.72. The highest BCUT2D eigenvalue weighted by molar-refractivity contribution is 6.05. The zero-order chi connectivity index (χ0) is 13.1. The fourth-order valence-corrected chi connectivity index (χ4v) is 2.02. The number of likely N-dealkylation sites (N-methyl/N-ethyl adjacent to an activating group) is 1. The normalized spacial score (nSPS) is 19.7. The van der Waals surface area contributed by atoms with Crippen molar-refractivity contribution in [1.82, 2.24) is 15.2 Å². The van der Waals surface area contributed by atoms with Crippen LogP contribution in [0.3, 0.4) is 0 Å². The standard InChI is InChI=1S/C13H17N3O2/c1-3-16-12(17)6-11(13(16)18)15-8-10-5-4-9(2)14-7-10/h4-5,7,11,15H,3,6,8H2,1-2H3. The van der Waals surface area contributed by atoms with Crippen LogP contribution in [0.2, 0.25) is 0 Å². The summed E-state index contributed by atoms with van der Waals surface area (Å²) in [5.74, 6) is -0.218. The van der Waals surface area contributed by atoms with Crippen LogP contribution in [0.25, 0.3) is 0 Å². The van der Waals surface area contributed by atoms with Crippen molar-refractivity contribution in [1.29, 1.82) is 0 Å². The Hall–Kier alpha value is -1.75. The zero-order valence-corrected chi connectivity index (χ0v) is 10.6. The lowest BCUT2D eigenvalue weighted by Crippen LogP contribution is -2.38. The highest BCUT2D eigenvalue weighted by Gasteiger charge is 2.36. The number of carbonyl (C=O) groups excluding carboxylic acids is 2. The summed E-state index contributed by atoms with van der Waals surface area (Å²) < 4.78 is 0. The predicted molar refractivity (Wildman–Crippen MR) is 66.6 cm³/mol. The van der Waals surface area contributed by atoms with Crippen LogP contribution in [0.1, 0.15) is 24.6 Å². The molecule has 1 aliphatic rings. The first-order valence-electron chi connectivity index (χ1n) is 6.11. The molecule has 2 amide bonds.